The Bertz CT molecular complexity index is 1640. The third-order valence-electron chi connectivity index (χ3n) is 6.16. The Kier molecular flexibility index (Phi) is 4.35. The highest BCUT2D eigenvalue weighted by molar-refractivity contribution is 7.13. The number of amides is 1. The SMILES string of the molecule is Cc1cc(N)nc(C)c1CNC(=O)c1ccc2c(c1)c1oc2c2ccc(-c3nccs3)cc21. The second kappa shape index (κ2) is 7.28. The van der Waals surface area contributed by atoms with Gasteiger partial charge in [-0.2, -0.15) is 0 Å². The molecular formula is C26H20N4O2S. The lowest BCUT2D eigenvalue weighted by Gasteiger charge is -2.11. The number of benzene rings is 3. The molecule has 0 aliphatic heterocycles. The minimum atomic E-state index is -0.140. The molecule has 0 spiro atoms. The first-order valence-corrected chi connectivity index (χ1v) is 11.5. The normalized spacial score (nSPS) is 11.7. The van der Waals surface area contributed by atoms with Gasteiger partial charge in [-0.15, -0.1) is 11.3 Å². The van der Waals surface area contributed by atoms with Crippen LogP contribution in [-0.2, 0) is 6.54 Å². The average molecular weight is 453 g/mol. The summed E-state index contributed by atoms with van der Waals surface area (Å²) in [7, 11) is 0. The second-order valence-electron chi connectivity index (χ2n) is 8.23. The Morgan fingerprint density at radius 3 is 2.55 bits per heavy atom. The Morgan fingerprint density at radius 2 is 1.79 bits per heavy atom. The molecule has 2 aromatic carbocycles. The summed E-state index contributed by atoms with van der Waals surface area (Å²) in [5.41, 5.74) is 11.9. The van der Waals surface area contributed by atoms with E-state index >= 15 is 0 Å². The monoisotopic (exact) mass is 452 g/mol. The minimum absolute atomic E-state index is 0.140. The van der Waals surface area contributed by atoms with E-state index in [1.165, 1.54) is 0 Å². The molecule has 0 fully saturated rings. The van der Waals surface area contributed by atoms with Crippen molar-refractivity contribution in [2.45, 2.75) is 20.4 Å². The van der Waals surface area contributed by atoms with Crippen molar-refractivity contribution >= 4 is 55.8 Å². The number of furan rings is 2. The third kappa shape index (κ3) is 3.12. The number of hydrogen-bond donors (Lipinski definition) is 2. The number of nitrogen functional groups attached to an aromatic ring is 1. The zero-order chi connectivity index (χ0) is 22.7. The molecule has 0 aliphatic carbocycles. The van der Waals surface area contributed by atoms with Crippen LogP contribution < -0.4 is 11.1 Å². The van der Waals surface area contributed by atoms with Crippen LogP contribution in [0.25, 0.3) is 43.3 Å². The zero-order valence-electron chi connectivity index (χ0n) is 18.1. The highest BCUT2D eigenvalue weighted by atomic mass is 32.1. The summed E-state index contributed by atoms with van der Waals surface area (Å²) in [5, 5.41) is 10.0. The summed E-state index contributed by atoms with van der Waals surface area (Å²) in [6.07, 6.45) is 1.81. The van der Waals surface area contributed by atoms with E-state index in [4.69, 9.17) is 10.2 Å². The number of hydrogen-bond acceptors (Lipinski definition) is 6. The van der Waals surface area contributed by atoms with Crippen molar-refractivity contribution in [1.82, 2.24) is 15.3 Å². The summed E-state index contributed by atoms with van der Waals surface area (Å²) in [4.78, 5) is 21.7. The minimum Gasteiger partial charge on any atom is -0.455 e. The Morgan fingerprint density at radius 1 is 1.03 bits per heavy atom. The van der Waals surface area contributed by atoms with Crippen molar-refractivity contribution in [1.29, 1.82) is 0 Å². The molecule has 6 rings (SSSR count). The molecule has 1 amide bonds. The lowest BCUT2D eigenvalue weighted by molar-refractivity contribution is 0.0951. The molecule has 6 nitrogen and oxygen atoms in total. The summed E-state index contributed by atoms with van der Waals surface area (Å²) < 4.78 is 6.16. The predicted molar refractivity (Wildman–Crippen MR) is 133 cm³/mol. The van der Waals surface area contributed by atoms with Gasteiger partial charge in [-0.1, -0.05) is 6.07 Å². The maximum absolute atomic E-state index is 12.9. The number of anilines is 1. The molecule has 6 aromatic rings. The van der Waals surface area contributed by atoms with Crippen LogP contribution in [-0.4, -0.2) is 15.9 Å². The summed E-state index contributed by atoms with van der Waals surface area (Å²) in [5.74, 6) is 0.347. The van der Waals surface area contributed by atoms with Gasteiger partial charge >= 0.3 is 0 Å². The molecule has 0 saturated carbocycles. The number of carbonyl (C=O) groups excluding carboxylic acids is 1. The van der Waals surface area contributed by atoms with E-state index < -0.39 is 0 Å². The molecule has 0 unspecified atom stereocenters. The maximum Gasteiger partial charge on any atom is 0.251 e. The number of carbonyl (C=O) groups is 1. The number of thiazole rings is 1. The number of pyridine rings is 1. The number of nitrogens with zero attached hydrogens (tertiary/aromatic N) is 2. The molecule has 7 heteroatoms. The van der Waals surface area contributed by atoms with E-state index in [2.05, 4.69) is 33.5 Å². The molecule has 0 atom stereocenters. The van der Waals surface area contributed by atoms with Crippen LogP contribution in [0.4, 0.5) is 5.82 Å². The molecule has 162 valence electrons. The van der Waals surface area contributed by atoms with Crippen LogP contribution in [0, 0.1) is 13.8 Å². The van der Waals surface area contributed by atoms with Gasteiger partial charge < -0.3 is 15.5 Å². The van der Waals surface area contributed by atoms with Crippen molar-refractivity contribution in [3.05, 3.63) is 76.4 Å². The standard InChI is InChI=1S/C26H20N4O2S/c1-13-9-22(27)30-14(2)21(13)12-29-25(31)15-3-5-17-19(10-15)24-20-11-16(26-28-7-8-33-26)4-6-18(20)23(17)32-24/h3-11H,12H2,1-2H3,(H2,27,30)(H,29,31). The van der Waals surface area contributed by atoms with E-state index in [1.807, 2.05) is 43.5 Å². The van der Waals surface area contributed by atoms with E-state index in [-0.39, 0.29) is 5.91 Å². The maximum atomic E-state index is 12.9. The zero-order valence-corrected chi connectivity index (χ0v) is 18.9. The van der Waals surface area contributed by atoms with E-state index in [0.29, 0.717) is 17.9 Å². The van der Waals surface area contributed by atoms with Crippen molar-refractivity contribution in [2.24, 2.45) is 0 Å². The van der Waals surface area contributed by atoms with Crippen LogP contribution in [0.15, 0.2) is 58.5 Å². The van der Waals surface area contributed by atoms with E-state index in [0.717, 1.165) is 60.1 Å². The fourth-order valence-corrected chi connectivity index (χ4v) is 5.17. The molecule has 0 aliphatic rings. The largest absolute Gasteiger partial charge is 0.455 e. The Balaban J connectivity index is 1.35. The number of nitrogens with two attached hydrogens (primary N) is 1. The van der Waals surface area contributed by atoms with Gasteiger partial charge in [-0.25, -0.2) is 9.97 Å². The third-order valence-corrected chi connectivity index (χ3v) is 6.99. The highest BCUT2D eigenvalue weighted by Crippen LogP contribution is 2.42. The number of aryl methyl sites for hydroxylation is 2. The summed E-state index contributed by atoms with van der Waals surface area (Å²) in [6, 6.07) is 13.8. The Labute approximate surface area is 193 Å². The molecule has 4 heterocycles. The molecular weight excluding hydrogens is 432 g/mol. The molecule has 33 heavy (non-hydrogen) atoms. The highest BCUT2D eigenvalue weighted by Gasteiger charge is 2.20. The van der Waals surface area contributed by atoms with Gasteiger partial charge in [0.15, 0.2) is 0 Å². The van der Waals surface area contributed by atoms with Gasteiger partial charge in [0.2, 0.25) is 0 Å². The first kappa shape index (κ1) is 19.7. The predicted octanol–water partition coefficient (Wildman–Crippen LogP) is 5.82. The van der Waals surface area contributed by atoms with Gasteiger partial charge in [0.1, 0.15) is 22.0 Å². The number of fused-ring (bicyclic) bond motifs is 8. The van der Waals surface area contributed by atoms with Crippen LogP contribution in [0.5, 0.6) is 0 Å². The van der Waals surface area contributed by atoms with Crippen molar-refractivity contribution in [2.75, 3.05) is 5.73 Å². The second-order valence-corrected chi connectivity index (χ2v) is 9.12. The Hall–Kier alpha value is -3.97. The number of nitrogens with one attached hydrogen (secondary N) is 1. The molecule has 0 radical (unpaired) electrons. The lowest BCUT2D eigenvalue weighted by Crippen LogP contribution is -2.24. The van der Waals surface area contributed by atoms with Crippen molar-refractivity contribution < 1.29 is 9.21 Å². The van der Waals surface area contributed by atoms with Crippen LogP contribution in [0.3, 0.4) is 0 Å². The first-order valence-electron chi connectivity index (χ1n) is 10.6. The molecule has 4 aromatic heterocycles. The van der Waals surface area contributed by atoms with E-state index in [1.54, 1.807) is 17.5 Å². The van der Waals surface area contributed by atoms with Crippen molar-refractivity contribution in [3.63, 3.8) is 0 Å². The van der Waals surface area contributed by atoms with Gasteiger partial charge in [0.25, 0.3) is 5.91 Å². The van der Waals surface area contributed by atoms with Crippen LogP contribution >= 0.6 is 11.3 Å². The quantitative estimate of drug-likeness (QED) is 0.329. The average Bonchev–Trinajstić information content (AvgIpc) is 3.53. The summed E-state index contributed by atoms with van der Waals surface area (Å²) in [6.45, 7) is 4.27. The van der Waals surface area contributed by atoms with Crippen molar-refractivity contribution in [3.8, 4) is 10.6 Å². The number of aromatic nitrogens is 2. The fourth-order valence-electron chi connectivity index (χ4n) is 4.54. The molecule has 3 N–H and O–H groups in total. The fraction of sp³-hybridized carbons (Fsp3) is 0.115. The van der Waals surface area contributed by atoms with E-state index in [9.17, 15) is 4.79 Å². The summed E-state index contributed by atoms with van der Waals surface area (Å²) >= 11 is 1.61. The van der Waals surface area contributed by atoms with Gasteiger partial charge in [-0.3, -0.25) is 4.79 Å². The van der Waals surface area contributed by atoms with Crippen LogP contribution in [0.1, 0.15) is 27.2 Å². The lowest BCUT2D eigenvalue weighted by atomic mass is 10.00. The van der Waals surface area contributed by atoms with Gasteiger partial charge in [-0.05, 0) is 61.4 Å². The first-order chi connectivity index (χ1) is 16.0. The number of rotatable bonds is 4. The van der Waals surface area contributed by atoms with Gasteiger partial charge in [0, 0.05) is 56.5 Å². The smallest absolute Gasteiger partial charge is 0.251 e. The topological polar surface area (TPSA) is 94.0 Å². The van der Waals surface area contributed by atoms with Gasteiger partial charge in [0.05, 0.1) is 0 Å². The van der Waals surface area contributed by atoms with Crippen LogP contribution in [0.2, 0.25) is 0 Å². The molecule has 2 bridgehead atoms. The molecule has 0 saturated heterocycles.